The largest absolute Gasteiger partial charge is 0.496 e. The Morgan fingerprint density at radius 1 is 1.15 bits per heavy atom. The highest BCUT2D eigenvalue weighted by Gasteiger charge is 2.15. The number of hydrogen-bond acceptors (Lipinski definition) is 6. The van der Waals surface area contributed by atoms with Gasteiger partial charge in [0.15, 0.2) is 0 Å². The van der Waals surface area contributed by atoms with Crippen molar-refractivity contribution in [3.63, 3.8) is 0 Å². The zero-order valence-corrected chi connectivity index (χ0v) is 19.5. The Kier molecular flexibility index (Phi) is 5.45. The van der Waals surface area contributed by atoms with Crippen molar-refractivity contribution >= 4 is 22.3 Å². The number of nitrogens with zero attached hydrogens (tertiary/aromatic N) is 5. The third-order valence-electron chi connectivity index (χ3n) is 5.81. The van der Waals surface area contributed by atoms with Gasteiger partial charge in [-0.1, -0.05) is 18.2 Å². The minimum absolute atomic E-state index is 0.366. The van der Waals surface area contributed by atoms with Crippen molar-refractivity contribution in [2.45, 2.75) is 13.3 Å². The number of benzene rings is 2. The van der Waals surface area contributed by atoms with Crippen LogP contribution in [0.15, 0.2) is 54.9 Å². The third-order valence-corrected chi connectivity index (χ3v) is 5.81. The molecule has 0 bridgehead atoms. The standard InChI is InChI=1S/C26H32N6O/c1-18-17-32(22-9-7-6-8-20(18)22)26-10-11-28-25(29-26)15-19-14-21(27)23(16-24(19)33-5)31(4)13-12-30(2)3/h6-11,14,16-17H,12-13,15,27H2,1-5H3/i2D3. The number of anilines is 2. The van der Waals surface area contributed by atoms with Gasteiger partial charge >= 0.3 is 0 Å². The van der Waals surface area contributed by atoms with E-state index < -0.39 is 6.98 Å². The normalized spacial score (nSPS) is 13.1. The van der Waals surface area contributed by atoms with Crippen molar-refractivity contribution in [2.75, 3.05) is 51.9 Å². The van der Waals surface area contributed by atoms with Crippen LogP contribution in [0.2, 0.25) is 0 Å². The fourth-order valence-electron chi connectivity index (χ4n) is 4.03. The molecule has 0 radical (unpaired) electrons. The second-order valence-electron chi connectivity index (χ2n) is 8.27. The maximum atomic E-state index is 7.52. The Bertz CT molecular complexity index is 1370. The van der Waals surface area contributed by atoms with Gasteiger partial charge in [0.1, 0.15) is 17.4 Å². The number of aromatic nitrogens is 3. The van der Waals surface area contributed by atoms with Crippen molar-refractivity contribution in [3.05, 3.63) is 71.8 Å². The lowest BCUT2D eigenvalue weighted by Crippen LogP contribution is -2.29. The number of para-hydroxylation sites is 1. The molecule has 0 saturated carbocycles. The summed E-state index contributed by atoms with van der Waals surface area (Å²) in [7, 11) is 5.08. The minimum atomic E-state index is -2.13. The van der Waals surface area contributed by atoms with Crippen LogP contribution in [0.1, 0.15) is 21.1 Å². The van der Waals surface area contributed by atoms with Gasteiger partial charge in [-0.2, -0.15) is 0 Å². The van der Waals surface area contributed by atoms with Crippen molar-refractivity contribution in [3.8, 4) is 11.6 Å². The van der Waals surface area contributed by atoms with Crippen LogP contribution in [0.3, 0.4) is 0 Å². The maximum absolute atomic E-state index is 7.52. The van der Waals surface area contributed by atoms with Gasteiger partial charge in [-0.3, -0.25) is 0 Å². The molecular formula is C26H32N6O. The fraction of sp³-hybridized carbons (Fsp3) is 0.308. The smallest absolute Gasteiger partial charge is 0.140 e. The van der Waals surface area contributed by atoms with Crippen LogP contribution in [0.4, 0.5) is 11.4 Å². The van der Waals surface area contributed by atoms with E-state index in [1.807, 2.05) is 42.3 Å². The van der Waals surface area contributed by atoms with E-state index in [1.165, 1.54) is 15.8 Å². The van der Waals surface area contributed by atoms with Crippen LogP contribution in [0.5, 0.6) is 5.75 Å². The molecule has 7 nitrogen and oxygen atoms in total. The summed E-state index contributed by atoms with van der Waals surface area (Å²) in [6.45, 7) is 0.824. The van der Waals surface area contributed by atoms with E-state index in [2.05, 4.69) is 34.8 Å². The molecule has 7 heteroatoms. The molecule has 172 valence electrons. The number of fused-ring (bicyclic) bond motifs is 1. The quantitative estimate of drug-likeness (QED) is 0.413. The number of nitrogen functional groups attached to an aromatic ring is 1. The fourth-order valence-corrected chi connectivity index (χ4v) is 4.03. The van der Waals surface area contributed by atoms with Crippen molar-refractivity contribution in [2.24, 2.45) is 0 Å². The molecule has 0 amide bonds. The van der Waals surface area contributed by atoms with Crippen molar-refractivity contribution < 1.29 is 8.85 Å². The average Bonchev–Trinajstić information content (AvgIpc) is 3.18. The first-order valence-corrected chi connectivity index (χ1v) is 10.9. The van der Waals surface area contributed by atoms with Gasteiger partial charge in [0.05, 0.1) is 24.0 Å². The number of nitrogens with two attached hydrogens (primary N) is 1. The molecule has 4 aromatic rings. The summed E-state index contributed by atoms with van der Waals surface area (Å²) >= 11 is 0. The predicted octanol–water partition coefficient (Wildman–Crippen LogP) is 3.91. The number of rotatable bonds is 8. The molecular weight excluding hydrogens is 412 g/mol. The molecule has 0 fully saturated rings. The Morgan fingerprint density at radius 3 is 2.76 bits per heavy atom. The number of aryl methyl sites for hydroxylation is 1. The lowest BCUT2D eigenvalue weighted by molar-refractivity contribution is 0.409. The van der Waals surface area contributed by atoms with Gasteiger partial charge in [-0.25, -0.2) is 9.97 Å². The monoisotopic (exact) mass is 447 g/mol. The van der Waals surface area contributed by atoms with Gasteiger partial charge in [0.2, 0.25) is 0 Å². The molecule has 33 heavy (non-hydrogen) atoms. The molecule has 0 aliphatic carbocycles. The number of ether oxygens (including phenoxy) is 1. The van der Waals surface area contributed by atoms with E-state index in [-0.39, 0.29) is 0 Å². The highest BCUT2D eigenvalue weighted by molar-refractivity contribution is 5.85. The Hall–Kier alpha value is -3.58. The van der Waals surface area contributed by atoms with Gasteiger partial charge in [-0.05, 0) is 44.7 Å². The van der Waals surface area contributed by atoms with E-state index in [0.717, 1.165) is 22.6 Å². The first-order valence-electron chi connectivity index (χ1n) is 12.4. The predicted molar refractivity (Wildman–Crippen MR) is 136 cm³/mol. The second-order valence-corrected chi connectivity index (χ2v) is 8.27. The van der Waals surface area contributed by atoms with Crippen LogP contribution in [0, 0.1) is 6.92 Å². The second kappa shape index (κ2) is 9.50. The van der Waals surface area contributed by atoms with Gasteiger partial charge in [0.25, 0.3) is 0 Å². The maximum Gasteiger partial charge on any atom is 0.140 e. The zero-order valence-electron chi connectivity index (χ0n) is 22.5. The number of likely N-dealkylation sites (N-methyl/N-ethyl adjacent to an activating group) is 2. The highest BCUT2D eigenvalue weighted by Crippen LogP contribution is 2.32. The van der Waals surface area contributed by atoms with Gasteiger partial charge in [-0.15, -0.1) is 0 Å². The Labute approximate surface area is 199 Å². The zero-order chi connectivity index (χ0) is 26.0. The van der Waals surface area contributed by atoms with E-state index in [4.69, 9.17) is 19.6 Å². The summed E-state index contributed by atoms with van der Waals surface area (Å²) in [5.74, 6) is 2.12. The van der Waals surface area contributed by atoms with Gasteiger partial charge < -0.3 is 24.8 Å². The van der Waals surface area contributed by atoms with E-state index in [0.29, 0.717) is 36.8 Å². The first kappa shape index (κ1) is 18.9. The molecule has 0 unspecified atom stereocenters. The molecule has 2 heterocycles. The molecule has 0 aliphatic heterocycles. The Balaban J connectivity index is 1.58. The average molecular weight is 448 g/mol. The summed E-state index contributed by atoms with van der Waals surface area (Å²) in [6, 6.07) is 13.9. The van der Waals surface area contributed by atoms with Crippen LogP contribution >= 0.6 is 0 Å². The van der Waals surface area contributed by atoms with E-state index >= 15 is 0 Å². The van der Waals surface area contributed by atoms with Crippen LogP contribution in [-0.4, -0.2) is 60.7 Å². The molecule has 2 aromatic heterocycles. The molecule has 2 N–H and O–H groups in total. The molecule has 0 aliphatic rings. The molecule has 0 atom stereocenters. The van der Waals surface area contributed by atoms with E-state index in [9.17, 15) is 0 Å². The summed E-state index contributed by atoms with van der Waals surface area (Å²) in [5.41, 5.74) is 10.9. The molecule has 0 spiro atoms. The first-order chi connectivity index (χ1) is 17.1. The number of hydrogen-bond donors (Lipinski definition) is 1. The van der Waals surface area contributed by atoms with Crippen LogP contribution in [-0.2, 0) is 6.42 Å². The minimum Gasteiger partial charge on any atom is -0.496 e. The SMILES string of the molecule is [2H]C([2H])([2H])N(C)CCN(C)c1cc(OC)c(Cc2nccc(-n3cc(C)c4ccccc43)n2)cc1N. The molecule has 2 aromatic carbocycles. The Morgan fingerprint density at radius 2 is 1.97 bits per heavy atom. The van der Waals surface area contributed by atoms with Gasteiger partial charge in [0, 0.05) is 60.1 Å². The molecule has 0 saturated heterocycles. The van der Waals surface area contributed by atoms with Crippen molar-refractivity contribution in [1.82, 2.24) is 19.4 Å². The van der Waals surface area contributed by atoms with E-state index in [1.54, 1.807) is 20.4 Å². The number of methoxy groups -OCH3 is 1. The summed E-state index contributed by atoms with van der Waals surface area (Å²) in [5, 5.41) is 1.19. The third kappa shape index (κ3) is 4.78. The summed E-state index contributed by atoms with van der Waals surface area (Å²) in [6.07, 6.45) is 4.30. The summed E-state index contributed by atoms with van der Waals surface area (Å²) < 4.78 is 30.3. The summed E-state index contributed by atoms with van der Waals surface area (Å²) in [4.78, 5) is 12.6. The molecule has 4 rings (SSSR count). The van der Waals surface area contributed by atoms with Crippen LogP contribution < -0.4 is 15.4 Å². The van der Waals surface area contributed by atoms with Crippen molar-refractivity contribution in [1.29, 1.82) is 0 Å². The lowest BCUT2D eigenvalue weighted by atomic mass is 10.1. The topological polar surface area (TPSA) is 72.4 Å². The lowest BCUT2D eigenvalue weighted by Gasteiger charge is -2.24. The van der Waals surface area contributed by atoms with Crippen LogP contribution in [0.25, 0.3) is 16.7 Å². The highest BCUT2D eigenvalue weighted by atomic mass is 16.5.